The second-order valence-electron chi connectivity index (χ2n) is 10.2. The van der Waals surface area contributed by atoms with Crippen molar-refractivity contribution < 1.29 is 32.2 Å². The fourth-order valence-corrected chi connectivity index (χ4v) is 5.84. The lowest BCUT2D eigenvalue weighted by molar-refractivity contribution is -0.217. The molecule has 1 atom stereocenters. The fourth-order valence-electron chi connectivity index (χ4n) is 5.84. The Labute approximate surface area is 208 Å². The number of carbonyl (C=O) groups is 1. The third-order valence-electron chi connectivity index (χ3n) is 7.72. The Hall–Kier alpha value is -3.31. The molecule has 0 radical (unpaired) electrons. The molecule has 0 bridgehead atoms. The van der Waals surface area contributed by atoms with Crippen LogP contribution < -0.4 is 5.56 Å². The average molecular weight is 517 g/mol. The number of esters is 1. The minimum absolute atomic E-state index is 0.0109. The topological polar surface area (TPSA) is 84.7 Å². The lowest BCUT2D eigenvalue weighted by atomic mass is 9.80. The SMILES string of the molecule is CC[C@@]1(O)C(=O)OCc2c1cc1n(c2=O)Cc2c-1nc1ccc(CN(C)C)c3c1c2C(F)(F)C(F)(F)C3. The number of halogens is 4. The van der Waals surface area contributed by atoms with Crippen molar-refractivity contribution in [3.8, 4) is 11.4 Å². The quantitative estimate of drug-likeness (QED) is 0.331. The van der Waals surface area contributed by atoms with Gasteiger partial charge in [-0.25, -0.2) is 9.78 Å². The van der Waals surface area contributed by atoms with E-state index in [0.29, 0.717) is 5.56 Å². The molecule has 3 aromatic rings. The normalized spacial score (nSPS) is 22.6. The number of nitrogens with zero attached hydrogens (tertiary/aromatic N) is 3. The molecule has 37 heavy (non-hydrogen) atoms. The highest BCUT2D eigenvalue weighted by Crippen LogP contribution is 2.55. The zero-order valence-electron chi connectivity index (χ0n) is 20.3. The van der Waals surface area contributed by atoms with Gasteiger partial charge in [-0.2, -0.15) is 17.6 Å². The van der Waals surface area contributed by atoms with Crippen molar-refractivity contribution in [3.05, 3.63) is 61.9 Å². The van der Waals surface area contributed by atoms with Crippen molar-refractivity contribution in [1.82, 2.24) is 14.5 Å². The van der Waals surface area contributed by atoms with Crippen molar-refractivity contribution in [2.75, 3.05) is 14.1 Å². The molecule has 0 saturated heterocycles. The Morgan fingerprint density at radius 1 is 1.14 bits per heavy atom. The maximum absolute atomic E-state index is 15.6. The molecule has 0 spiro atoms. The van der Waals surface area contributed by atoms with E-state index >= 15 is 17.6 Å². The first kappa shape index (κ1) is 24.1. The highest BCUT2D eigenvalue weighted by molar-refractivity contribution is 5.93. The number of alkyl halides is 4. The standard InChI is InChI=1S/C26H23F4N3O4/c1-4-24(36)16-7-18-21-14(10-33(18)22(34)15(16)11-37-23(24)35)20-19-13(8-25(27,28)26(20,29)30)12(9-32(2)3)5-6-17(19)31-21/h5-7,36H,4,8-11H2,1-3H3/t24-/m0/s1. The van der Waals surface area contributed by atoms with E-state index in [9.17, 15) is 14.7 Å². The third-order valence-corrected chi connectivity index (χ3v) is 7.72. The van der Waals surface area contributed by atoms with Crippen LogP contribution in [-0.4, -0.2) is 45.5 Å². The fraction of sp³-hybridized carbons (Fsp3) is 0.423. The molecule has 4 heterocycles. The number of carbonyl (C=O) groups excluding carboxylic acids is 1. The van der Waals surface area contributed by atoms with Crippen LogP contribution in [0.2, 0.25) is 0 Å². The lowest BCUT2D eigenvalue weighted by Gasteiger charge is -2.35. The van der Waals surface area contributed by atoms with Gasteiger partial charge >= 0.3 is 17.8 Å². The average Bonchev–Trinajstić information content (AvgIpc) is 3.19. The molecule has 6 rings (SSSR count). The Morgan fingerprint density at radius 2 is 1.86 bits per heavy atom. The maximum atomic E-state index is 15.6. The van der Waals surface area contributed by atoms with Crippen LogP contribution in [0.5, 0.6) is 0 Å². The summed E-state index contributed by atoms with van der Waals surface area (Å²) in [6, 6.07) is 4.51. The monoisotopic (exact) mass is 517 g/mol. The van der Waals surface area contributed by atoms with E-state index in [1.807, 2.05) is 0 Å². The summed E-state index contributed by atoms with van der Waals surface area (Å²) in [5, 5.41) is 11.0. The molecule has 2 aromatic heterocycles. The van der Waals surface area contributed by atoms with Crippen LogP contribution in [0.1, 0.15) is 46.7 Å². The molecular weight excluding hydrogens is 494 g/mol. The van der Waals surface area contributed by atoms with E-state index < -0.39 is 47.5 Å². The maximum Gasteiger partial charge on any atom is 0.343 e. The van der Waals surface area contributed by atoms with Gasteiger partial charge in [0.2, 0.25) is 0 Å². The molecule has 2 aliphatic heterocycles. The molecule has 1 aliphatic carbocycles. The predicted molar refractivity (Wildman–Crippen MR) is 124 cm³/mol. The van der Waals surface area contributed by atoms with Crippen LogP contribution in [0.25, 0.3) is 22.3 Å². The number of aromatic nitrogens is 2. The Kier molecular flexibility index (Phi) is 4.80. The summed E-state index contributed by atoms with van der Waals surface area (Å²) in [5.41, 5.74) is -2.91. The van der Waals surface area contributed by atoms with Gasteiger partial charge < -0.3 is 19.3 Å². The molecule has 0 fully saturated rings. The second-order valence-corrected chi connectivity index (χ2v) is 10.2. The smallest absolute Gasteiger partial charge is 0.343 e. The molecular formula is C26H23F4N3O4. The first-order valence-corrected chi connectivity index (χ1v) is 11.9. The molecule has 1 N–H and O–H groups in total. The summed E-state index contributed by atoms with van der Waals surface area (Å²) < 4.78 is 67.5. The molecule has 194 valence electrons. The Morgan fingerprint density at radius 3 is 2.54 bits per heavy atom. The molecule has 0 amide bonds. The van der Waals surface area contributed by atoms with E-state index in [1.165, 1.54) is 16.7 Å². The van der Waals surface area contributed by atoms with Gasteiger partial charge in [-0.05, 0) is 43.8 Å². The summed E-state index contributed by atoms with van der Waals surface area (Å²) in [6.07, 6.45) is -1.22. The largest absolute Gasteiger partial charge is 0.458 e. The predicted octanol–water partition coefficient (Wildman–Crippen LogP) is 3.42. The van der Waals surface area contributed by atoms with Gasteiger partial charge in [0.15, 0.2) is 5.60 Å². The van der Waals surface area contributed by atoms with Crippen LogP contribution >= 0.6 is 0 Å². The van der Waals surface area contributed by atoms with E-state index in [-0.39, 0.29) is 64.1 Å². The summed E-state index contributed by atoms with van der Waals surface area (Å²) >= 11 is 0. The molecule has 11 heteroatoms. The van der Waals surface area contributed by atoms with Crippen LogP contribution in [0.4, 0.5) is 17.6 Å². The highest BCUT2D eigenvalue weighted by atomic mass is 19.3. The van der Waals surface area contributed by atoms with Crippen LogP contribution in [0, 0.1) is 0 Å². The van der Waals surface area contributed by atoms with Gasteiger partial charge in [-0.1, -0.05) is 13.0 Å². The van der Waals surface area contributed by atoms with Gasteiger partial charge in [0.25, 0.3) is 5.56 Å². The van der Waals surface area contributed by atoms with Gasteiger partial charge in [0.1, 0.15) is 6.61 Å². The number of hydrogen-bond acceptors (Lipinski definition) is 6. The third kappa shape index (κ3) is 2.98. The van der Waals surface area contributed by atoms with E-state index in [0.717, 1.165) is 0 Å². The molecule has 0 saturated carbocycles. The van der Waals surface area contributed by atoms with Crippen molar-refractivity contribution in [1.29, 1.82) is 0 Å². The second kappa shape index (κ2) is 7.38. The zero-order valence-corrected chi connectivity index (χ0v) is 20.3. The first-order valence-electron chi connectivity index (χ1n) is 11.9. The number of hydrogen-bond donors (Lipinski definition) is 1. The highest BCUT2D eigenvalue weighted by Gasteiger charge is 2.62. The molecule has 7 nitrogen and oxygen atoms in total. The van der Waals surface area contributed by atoms with Gasteiger partial charge in [-0.15, -0.1) is 0 Å². The van der Waals surface area contributed by atoms with Crippen LogP contribution in [0.3, 0.4) is 0 Å². The molecule has 3 aliphatic rings. The Balaban J connectivity index is 1.69. The van der Waals surface area contributed by atoms with E-state index in [2.05, 4.69) is 4.98 Å². The summed E-state index contributed by atoms with van der Waals surface area (Å²) in [6.45, 7) is 1.04. The summed E-state index contributed by atoms with van der Waals surface area (Å²) in [5.74, 6) is -9.78. The number of fused-ring (bicyclic) bond motifs is 5. The number of aliphatic hydroxyl groups is 1. The van der Waals surface area contributed by atoms with Crippen molar-refractivity contribution >= 4 is 16.9 Å². The number of ether oxygens (including phenoxy) is 1. The van der Waals surface area contributed by atoms with Crippen molar-refractivity contribution in [2.24, 2.45) is 0 Å². The number of benzene rings is 1. The minimum Gasteiger partial charge on any atom is -0.458 e. The van der Waals surface area contributed by atoms with Gasteiger partial charge in [0.05, 0.1) is 29.0 Å². The van der Waals surface area contributed by atoms with Crippen LogP contribution in [0.15, 0.2) is 23.0 Å². The van der Waals surface area contributed by atoms with Crippen molar-refractivity contribution in [3.63, 3.8) is 0 Å². The lowest BCUT2D eigenvalue weighted by Crippen LogP contribution is -2.44. The first-order chi connectivity index (χ1) is 17.3. The van der Waals surface area contributed by atoms with Crippen LogP contribution in [-0.2, 0) is 47.2 Å². The summed E-state index contributed by atoms with van der Waals surface area (Å²) in [4.78, 5) is 32.1. The van der Waals surface area contributed by atoms with Crippen molar-refractivity contribution in [2.45, 2.75) is 56.9 Å². The minimum atomic E-state index is -4.50. The van der Waals surface area contributed by atoms with Gasteiger partial charge in [-0.3, -0.25) is 4.79 Å². The van der Waals surface area contributed by atoms with E-state index in [4.69, 9.17) is 4.74 Å². The number of cyclic esters (lactones) is 1. The Bertz CT molecular complexity index is 1600. The molecule has 0 unspecified atom stereocenters. The summed E-state index contributed by atoms with van der Waals surface area (Å²) in [7, 11) is 3.51. The van der Waals surface area contributed by atoms with E-state index in [1.54, 1.807) is 32.0 Å². The number of rotatable bonds is 3. The molecule has 1 aromatic carbocycles. The zero-order chi connectivity index (χ0) is 26.7. The number of pyridine rings is 2. The van der Waals surface area contributed by atoms with Gasteiger partial charge in [0, 0.05) is 35.0 Å².